The van der Waals surface area contributed by atoms with Crippen LogP contribution in [0.5, 0.6) is 5.75 Å². The van der Waals surface area contributed by atoms with Crippen LogP contribution in [0, 0.1) is 0 Å². The number of nitrogens with one attached hydrogen (secondary N) is 2. The molecule has 1 saturated carbocycles. The van der Waals surface area contributed by atoms with Crippen LogP contribution in [-0.2, 0) is 16.0 Å². The number of fused-ring (bicyclic) bond motifs is 1. The van der Waals surface area contributed by atoms with Crippen molar-refractivity contribution in [1.82, 2.24) is 19.9 Å². The molecule has 1 aliphatic carbocycles. The molecule has 0 bridgehead atoms. The Morgan fingerprint density at radius 2 is 2.19 bits per heavy atom. The van der Waals surface area contributed by atoms with Gasteiger partial charge in [-0.2, -0.15) is 9.61 Å². The summed E-state index contributed by atoms with van der Waals surface area (Å²) in [5.74, 6) is 0.770. The maximum absolute atomic E-state index is 12.0. The van der Waals surface area contributed by atoms with Crippen LogP contribution in [-0.4, -0.2) is 39.6 Å². The Morgan fingerprint density at radius 3 is 2.90 bits per heavy atom. The van der Waals surface area contributed by atoms with Gasteiger partial charge in [0.1, 0.15) is 11.6 Å². The third-order valence-electron chi connectivity index (χ3n) is 5.34. The number of halogens is 1. The summed E-state index contributed by atoms with van der Waals surface area (Å²) >= 11 is 6.49. The number of hydrogen-bond donors (Lipinski definition) is 2. The molecule has 3 aromatic rings. The van der Waals surface area contributed by atoms with Gasteiger partial charge in [0.25, 0.3) is 5.91 Å². The molecule has 2 aromatic heterocycles. The molecular formula is C22H20ClN5O3. The third-order valence-corrected chi connectivity index (χ3v) is 5.77. The number of hydrogen-bond acceptors (Lipinski definition) is 6. The topological polar surface area (TPSA) is 97.6 Å². The fourth-order valence-electron chi connectivity index (χ4n) is 3.62. The molecule has 0 unspecified atom stereocenters. The van der Waals surface area contributed by atoms with E-state index < -0.39 is 0 Å². The highest BCUT2D eigenvalue weighted by Crippen LogP contribution is 2.31. The first-order valence-electron chi connectivity index (χ1n) is 10.0. The van der Waals surface area contributed by atoms with Gasteiger partial charge in [0.05, 0.1) is 30.4 Å². The average molecular weight is 438 g/mol. The number of carbonyl (C=O) groups excluding carboxylic acids is 2. The van der Waals surface area contributed by atoms with E-state index in [1.54, 1.807) is 23.9 Å². The normalized spacial score (nSPS) is 17.4. The summed E-state index contributed by atoms with van der Waals surface area (Å²) in [7, 11) is 1.59. The predicted molar refractivity (Wildman–Crippen MR) is 116 cm³/mol. The zero-order valence-electron chi connectivity index (χ0n) is 16.8. The van der Waals surface area contributed by atoms with Gasteiger partial charge in [-0.05, 0) is 30.5 Å². The Bertz CT molecular complexity index is 1250. The molecule has 3 heterocycles. The lowest BCUT2D eigenvalue weighted by Crippen LogP contribution is -2.19. The summed E-state index contributed by atoms with van der Waals surface area (Å²) in [4.78, 5) is 28.3. The van der Waals surface area contributed by atoms with Crippen LogP contribution < -0.4 is 15.4 Å². The molecule has 2 aliphatic rings. The zero-order chi connectivity index (χ0) is 21.5. The van der Waals surface area contributed by atoms with E-state index in [-0.39, 0.29) is 18.2 Å². The zero-order valence-corrected chi connectivity index (χ0v) is 17.6. The lowest BCUT2D eigenvalue weighted by atomic mass is 10.1. The van der Waals surface area contributed by atoms with E-state index in [0.717, 1.165) is 29.9 Å². The number of aromatic nitrogens is 3. The minimum atomic E-state index is -0.375. The van der Waals surface area contributed by atoms with Crippen LogP contribution in [0.3, 0.4) is 0 Å². The van der Waals surface area contributed by atoms with Gasteiger partial charge < -0.3 is 10.1 Å². The molecule has 2 N–H and O–H groups in total. The van der Waals surface area contributed by atoms with Gasteiger partial charge in [0, 0.05) is 29.7 Å². The van der Waals surface area contributed by atoms with Crippen molar-refractivity contribution in [1.29, 1.82) is 0 Å². The van der Waals surface area contributed by atoms with Gasteiger partial charge in [-0.15, -0.1) is 0 Å². The van der Waals surface area contributed by atoms with E-state index >= 15 is 0 Å². The van der Waals surface area contributed by atoms with Crippen molar-refractivity contribution in [3.63, 3.8) is 0 Å². The molecule has 8 nitrogen and oxygen atoms in total. The molecule has 5 rings (SSSR count). The molecule has 0 spiro atoms. The first-order valence-corrected chi connectivity index (χ1v) is 10.4. The van der Waals surface area contributed by atoms with Crippen LogP contribution in [0.4, 0.5) is 5.82 Å². The van der Waals surface area contributed by atoms with Gasteiger partial charge in [0.2, 0.25) is 5.91 Å². The van der Waals surface area contributed by atoms with Gasteiger partial charge in [-0.1, -0.05) is 23.7 Å². The minimum Gasteiger partial charge on any atom is -0.495 e. The van der Waals surface area contributed by atoms with E-state index in [2.05, 4.69) is 15.7 Å². The van der Waals surface area contributed by atoms with Gasteiger partial charge in [-0.25, -0.2) is 4.98 Å². The standard InChI is InChI=1S/C22H20ClN5O3/c1-31-17-4-2-3-12(20(17)23)8-16-10-18(25-15-5-6-15)28-21(26-16)14(11-24-28)7-13-9-19(29)27-22(13)30/h2-4,7,10-11,15,25H,5-6,8-9H2,1H3,(H,27,29,30)/b13-7+. The lowest BCUT2D eigenvalue weighted by Gasteiger charge is -2.12. The van der Waals surface area contributed by atoms with Crippen LogP contribution >= 0.6 is 11.6 Å². The minimum absolute atomic E-state index is 0.0580. The molecule has 158 valence electrons. The molecule has 31 heavy (non-hydrogen) atoms. The SMILES string of the molecule is COc1cccc(Cc2cc(NC3CC3)n3ncc(/C=C4\CC(=O)NC4=O)c3n2)c1Cl. The second-order valence-corrected chi connectivity index (χ2v) is 8.10. The van der Waals surface area contributed by atoms with E-state index in [4.69, 9.17) is 21.3 Å². The van der Waals surface area contributed by atoms with E-state index in [1.807, 2.05) is 24.3 Å². The maximum atomic E-state index is 12.0. The van der Waals surface area contributed by atoms with Crippen LogP contribution in [0.1, 0.15) is 36.1 Å². The highest BCUT2D eigenvalue weighted by atomic mass is 35.5. The third kappa shape index (κ3) is 3.86. The molecule has 1 aliphatic heterocycles. The first kappa shape index (κ1) is 19.6. The molecule has 0 radical (unpaired) electrons. The summed E-state index contributed by atoms with van der Waals surface area (Å²) in [6.45, 7) is 0. The average Bonchev–Trinajstić information content (AvgIpc) is 3.38. The van der Waals surface area contributed by atoms with Crippen molar-refractivity contribution in [3.05, 3.63) is 57.9 Å². The van der Waals surface area contributed by atoms with Crippen LogP contribution in [0.15, 0.2) is 36.0 Å². The Kier molecular flexibility index (Phi) is 4.86. The predicted octanol–water partition coefficient (Wildman–Crippen LogP) is 2.99. The fraction of sp³-hybridized carbons (Fsp3) is 0.273. The summed E-state index contributed by atoms with van der Waals surface area (Å²) in [5.41, 5.74) is 3.39. The fourth-order valence-corrected chi connectivity index (χ4v) is 3.89. The second kappa shape index (κ2) is 7.70. The summed E-state index contributed by atoms with van der Waals surface area (Å²) in [6.07, 6.45) is 6.13. The van der Waals surface area contributed by atoms with Crippen LogP contribution in [0.2, 0.25) is 5.02 Å². The molecule has 1 saturated heterocycles. The first-order chi connectivity index (χ1) is 15.0. The van der Waals surface area contributed by atoms with E-state index in [9.17, 15) is 9.59 Å². The highest BCUT2D eigenvalue weighted by molar-refractivity contribution is 6.32. The Morgan fingerprint density at radius 1 is 1.35 bits per heavy atom. The molecule has 9 heteroatoms. The summed E-state index contributed by atoms with van der Waals surface area (Å²) in [5, 5.41) is 10.8. The number of benzene rings is 1. The number of ether oxygens (including phenoxy) is 1. The van der Waals surface area contributed by atoms with Gasteiger partial charge in [-0.3, -0.25) is 14.9 Å². The number of carbonyl (C=O) groups is 2. The Labute approximate surface area is 183 Å². The maximum Gasteiger partial charge on any atom is 0.254 e. The second-order valence-electron chi connectivity index (χ2n) is 7.72. The Balaban J connectivity index is 1.58. The van der Waals surface area contributed by atoms with Crippen molar-refractivity contribution in [2.45, 2.75) is 31.7 Å². The molecule has 2 fully saturated rings. The quantitative estimate of drug-likeness (QED) is 0.454. The largest absolute Gasteiger partial charge is 0.495 e. The van der Waals surface area contributed by atoms with E-state index in [1.165, 1.54) is 0 Å². The van der Waals surface area contributed by atoms with E-state index in [0.29, 0.717) is 40.0 Å². The van der Waals surface area contributed by atoms with Gasteiger partial charge >= 0.3 is 0 Å². The lowest BCUT2D eigenvalue weighted by molar-refractivity contribution is -0.124. The number of rotatable bonds is 6. The van der Waals surface area contributed by atoms with Gasteiger partial charge in [0.15, 0.2) is 5.65 Å². The molecule has 1 aromatic carbocycles. The number of methoxy groups -OCH3 is 1. The molecular weight excluding hydrogens is 418 g/mol. The highest BCUT2D eigenvalue weighted by Gasteiger charge is 2.26. The molecule has 0 atom stereocenters. The number of nitrogens with zero attached hydrogens (tertiary/aromatic N) is 3. The van der Waals surface area contributed by atoms with Crippen LogP contribution in [0.25, 0.3) is 11.7 Å². The smallest absolute Gasteiger partial charge is 0.254 e. The summed E-state index contributed by atoms with van der Waals surface area (Å²) < 4.78 is 7.06. The Hall–Kier alpha value is -3.39. The monoisotopic (exact) mass is 437 g/mol. The number of amides is 2. The number of imide groups is 1. The van der Waals surface area contributed by atoms with Crippen molar-refractivity contribution in [3.8, 4) is 5.75 Å². The van der Waals surface area contributed by atoms with Crippen molar-refractivity contribution < 1.29 is 14.3 Å². The van der Waals surface area contributed by atoms with Crippen molar-refractivity contribution in [2.24, 2.45) is 0 Å². The number of anilines is 1. The summed E-state index contributed by atoms with van der Waals surface area (Å²) in [6, 6.07) is 8.04. The van der Waals surface area contributed by atoms with Crippen molar-refractivity contribution in [2.75, 3.05) is 12.4 Å². The molecule has 2 amide bonds. The van der Waals surface area contributed by atoms with Crippen molar-refractivity contribution >= 4 is 41.0 Å².